The molecule has 0 amide bonds. The summed E-state index contributed by atoms with van der Waals surface area (Å²) < 4.78 is 0. The van der Waals surface area contributed by atoms with E-state index in [0.717, 1.165) is 82.1 Å². The highest BCUT2D eigenvalue weighted by atomic mass is 15.2. The lowest BCUT2D eigenvalue weighted by molar-refractivity contribution is 0.313. The number of nitrogens with zero attached hydrogens (tertiary/aromatic N) is 5. The van der Waals surface area contributed by atoms with E-state index in [9.17, 15) is 0 Å². The number of piperazine rings is 1. The summed E-state index contributed by atoms with van der Waals surface area (Å²) >= 11 is 0. The van der Waals surface area contributed by atoms with E-state index in [1.54, 1.807) is 0 Å². The highest BCUT2D eigenvalue weighted by Crippen LogP contribution is 2.29. The first-order chi connectivity index (χ1) is 16.7. The molecule has 6 aromatic rings. The van der Waals surface area contributed by atoms with Crippen molar-refractivity contribution in [2.75, 3.05) is 38.1 Å². The van der Waals surface area contributed by atoms with Gasteiger partial charge < -0.3 is 19.8 Å². The molecule has 0 spiro atoms. The summed E-state index contributed by atoms with van der Waals surface area (Å²) in [5.74, 6) is 1.61. The molecule has 3 aromatic carbocycles. The predicted octanol–water partition coefficient (Wildman–Crippen LogP) is 4.40. The maximum absolute atomic E-state index is 4.85. The molecule has 0 radical (unpaired) electrons. The molecule has 3 aromatic heterocycles. The molecule has 8 heteroatoms. The van der Waals surface area contributed by atoms with Crippen LogP contribution in [0.4, 0.5) is 5.69 Å². The van der Waals surface area contributed by atoms with Crippen LogP contribution in [0.3, 0.4) is 0 Å². The molecule has 1 aliphatic heterocycles. The summed E-state index contributed by atoms with van der Waals surface area (Å²) in [5, 5.41) is 8.61. The number of aromatic amines is 3. The van der Waals surface area contributed by atoms with Crippen LogP contribution >= 0.6 is 0 Å². The maximum Gasteiger partial charge on any atom is 0.159 e. The lowest BCUT2D eigenvalue weighted by Crippen LogP contribution is -2.44. The van der Waals surface area contributed by atoms with Crippen molar-refractivity contribution in [3.05, 3.63) is 60.7 Å². The van der Waals surface area contributed by atoms with Crippen molar-refractivity contribution in [2.24, 2.45) is 0 Å². The third-order valence-corrected chi connectivity index (χ3v) is 6.78. The van der Waals surface area contributed by atoms with Crippen LogP contribution in [0.5, 0.6) is 0 Å². The van der Waals surface area contributed by atoms with Crippen molar-refractivity contribution in [1.82, 2.24) is 35.0 Å². The number of nitrogens with one attached hydrogen (secondary N) is 3. The molecule has 168 valence electrons. The largest absolute Gasteiger partial charge is 0.369 e. The standard InChI is InChI=1S/C26H24N8/c1-33-10-12-34(13-11-33)17-7-9-21-23(15-17)29-25(27-21)16-6-8-20-22(14-16)30-26(28-20)24-18-4-2-3-5-19(18)31-32-24/h2-9,14-15H,10-13H2,1H3,(H,27,29)(H,28,30)(H,31,32). The van der Waals surface area contributed by atoms with Crippen LogP contribution in [0.15, 0.2) is 60.7 Å². The number of imidazole rings is 2. The third-order valence-electron chi connectivity index (χ3n) is 6.78. The molecule has 0 unspecified atom stereocenters. The van der Waals surface area contributed by atoms with Gasteiger partial charge in [-0.25, -0.2) is 9.97 Å². The van der Waals surface area contributed by atoms with E-state index in [-0.39, 0.29) is 0 Å². The second kappa shape index (κ2) is 7.43. The molecule has 34 heavy (non-hydrogen) atoms. The van der Waals surface area contributed by atoms with Crippen LogP contribution in [0, 0.1) is 0 Å². The van der Waals surface area contributed by atoms with E-state index in [4.69, 9.17) is 9.97 Å². The van der Waals surface area contributed by atoms with E-state index in [0.29, 0.717) is 0 Å². The number of benzene rings is 3. The average molecular weight is 449 g/mol. The smallest absolute Gasteiger partial charge is 0.159 e. The quantitative estimate of drug-likeness (QED) is 0.373. The number of aromatic nitrogens is 6. The van der Waals surface area contributed by atoms with Crippen LogP contribution in [-0.2, 0) is 0 Å². The van der Waals surface area contributed by atoms with Crippen LogP contribution in [-0.4, -0.2) is 68.3 Å². The minimum absolute atomic E-state index is 0.756. The second-order valence-electron chi connectivity index (χ2n) is 9.01. The van der Waals surface area contributed by atoms with Gasteiger partial charge in [0.2, 0.25) is 0 Å². The summed E-state index contributed by atoms with van der Waals surface area (Å²) in [6.07, 6.45) is 0. The van der Waals surface area contributed by atoms with Gasteiger partial charge in [-0.3, -0.25) is 5.10 Å². The third kappa shape index (κ3) is 3.14. The van der Waals surface area contributed by atoms with Crippen molar-refractivity contribution in [2.45, 2.75) is 0 Å². The Hall–Kier alpha value is -4.17. The van der Waals surface area contributed by atoms with Crippen LogP contribution in [0.25, 0.3) is 55.9 Å². The number of anilines is 1. The summed E-state index contributed by atoms with van der Waals surface area (Å²) in [6, 6.07) is 20.8. The Bertz CT molecular complexity index is 1650. The predicted molar refractivity (Wildman–Crippen MR) is 136 cm³/mol. The van der Waals surface area contributed by atoms with Gasteiger partial charge in [0.1, 0.15) is 11.5 Å². The number of H-pyrrole nitrogens is 3. The van der Waals surface area contributed by atoms with Crippen molar-refractivity contribution in [3.8, 4) is 22.9 Å². The van der Waals surface area contributed by atoms with Gasteiger partial charge in [0, 0.05) is 42.8 Å². The van der Waals surface area contributed by atoms with Crippen molar-refractivity contribution in [3.63, 3.8) is 0 Å². The molecule has 1 aliphatic rings. The fourth-order valence-corrected chi connectivity index (χ4v) is 4.81. The molecule has 0 aliphatic carbocycles. The Morgan fingerprint density at radius 3 is 2.35 bits per heavy atom. The Balaban J connectivity index is 1.23. The number of para-hydroxylation sites is 1. The van der Waals surface area contributed by atoms with Crippen LogP contribution in [0.2, 0.25) is 0 Å². The van der Waals surface area contributed by atoms with Gasteiger partial charge >= 0.3 is 0 Å². The molecule has 1 saturated heterocycles. The van der Waals surface area contributed by atoms with Gasteiger partial charge in [-0.15, -0.1) is 0 Å². The first-order valence-corrected chi connectivity index (χ1v) is 11.6. The summed E-state index contributed by atoms with van der Waals surface area (Å²) in [6.45, 7) is 4.28. The Morgan fingerprint density at radius 2 is 1.47 bits per heavy atom. The Labute approximate surface area is 195 Å². The van der Waals surface area contributed by atoms with Gasteiger partial charge in [0.15, 0.2) is 5.82 Å². The molecule has 4 heterocycles. The number of fused-ring (bicyclic) bond motifs is 3. The maximum atomic E-state index is 4.85. The summed E-state index contributed by atoms with van der Waals surface area (Å²) in [5.41, 5.74) is 7.98. The first-order valence-electron chi connectivity index (χ1n) is 11.6. The Morgan fingerprint density at radius 1 is 0.735 bits per heavy atom. The van der Waals surface area contributed by atoms with Crippen LogP contribution in [0.1, 0.15) is 0 Å². The average Bonchev–Trinajstić information content (AvgIpc) is 3.59. The molecule has 1 fully saturated rings. The molecule has 3 N–H and O–H groups in total. The zero-order valence-corrected chi connectivity index (χ0v) is 18.8. The monoisotopic (exact) mass is 448 g/mol. The van der Waals surface area contributed by atoms with E-state index in [2.05, 4.69) is 73.4 Å². The molecule has 8 nitrogen and oxygen atoms in total. The van der Waals surface area contributed by atoms with Gasteiger partial charge in [0.25, 0.3) is 0 Å². The van der Waals surface area contributed by atoms with E-state index in [1.165, 1.54) is 5.69 Å². The summed E-state index contributed by atoms with van der Waals surface area (Å²) in [7, 11) is 2.18. The molecule has 0 saturated carbocycles. The first kappa shape index (κ1) is 19.3. The summed E-state index contributed by atoms with van der Waals surface area (Å²) in [4.78, 5) is 21.4. The number of hydrogen-bond donors (Lipinski definition) is 3. The molecule has 0 bridgehead atoms. The number of likely N-dealkylation sites (N-methyl/N-ethyl adjacent to an activating group) is 1. The number of hydrogen-bond acceptors (Lipinski definition) is 5. The highest BCUT2D eigenvalue weighted by Gasteiger charge is 2.16. The van der Waals surface area contributed by atoms with Gasteiger partial charge in [-0.05, 0) is 49.5 Å². The number of rotatable bonds is 3. The van der Waals surface area contributed by atoms with Gasteiger partial charge in [0.05, 0.1) is 27.6 Å². The fourth-order valence-electron chi connectivity index (χ4n) is 4.81. The van der Waals surface area contributed by atoms with E-state index in [1.807, 2.05) is 24.3 Å². The Kier molecular flexibility index (Phi) is 4.22. The normalized spacial score (nSPS) is 15.1. The van der Waals surface area contributed by atoms with Gasteiger partial charge in [-0.1, -0.05) is 18.2 Å². The van der Waals surface area contributed by atoms with Crippen molar-refractivity contribution < 1.29 is 0 Å². The van der Waals surface area contributed by atoms with E-state index < -0.39 is 0 Å². The van der Waals surface area contributed by atoms with Crippen molar-refractivity contribution in [1.29, 1.82) is 0 Å². The second-order valence-corrected chi connectivity index (χ2v) is 9.01. The zero-order valence-electron chi connectivity index (χ0n) is 18.8. The lowest BCUT2D eigenvalue weighted by atomic mass is 10.2. The van der Waals surface area contributed by atoms with Gasteiger partial charge in [-0.2, -0.15) is 5.10 Å². The van der Waals surface area contributed by atoms with E-state index >= 15 is 0 Å². The minimum Gasteiger partial charge on any atom is -0.369 e. The van der Waals surface area contributed by atoms with Crippen molar-refractivity contribution >= 4 is 38.7 Å². The SMILES string of the molecule is CN1CCN(c2ccc3nc(-c4ccc5nc(-c6n[nH]c7ccccc67)[nH]c5c4)[nH]c3c2)CC1. The van der Waals surface area contributed by atoms with Crippen LogP contribution < -0.4 is 4.90 Å². The molecule has 0 atom stereocenters. The highest BCUT2D eigenvalue weighted by molar-refractivity contribution is 5.93. The fraction of sp³-hybridized carbons (Fsp3) is 0.192. The zero-order chi connectivity index (χ0) is 22.6. The topological polar surface area (TPSA) is 92.5 Å². The molecular formula is C26H24N8. The molecular weight excluding hydrogens is 424 g/mol. The molecule has 7 rings (SSSR count). The minimum atomic E-state index is 0.756. The lowest BCUT2D eigenvalue weighted by Gasteiger charge is -2.34.